The zero-order chi connectivity index (χ0) is 13.2. The maximum Gasteiger partial charge on any atom is 0.185 e. The van der Waals surface area contributed by atoms with Gasteiger partial charge in [-0.05, 0) is 28.5 Å². The average molecular weight is 257 g/mol. The SMILES string of the molecule is CS(=O)(=O)/C(C#N)=C/c1ccc2ccccc2c1. The van der Waals surface area contributed by atoms with Gasteiger partial charge in [0.1, 0.15) is 11.0 Å². The molecule has 2 rings (SSSR count). The Morgan fingerprint density at radius 2 is 1.83 bits per heavy atom. The molecule has 0 atom stereocenters. The second kappa shape index (κ2) is 4.63. The second-order valence-corrected chi connectivity index (χ2v) is 5.98. The Morgan fingerprint density at radius 3 is 2.44 bits per heavy atom. The van der Waals surface area contributed by atoms with Crippen LogP contribution in [0.3, 0.4) is 0 Å². The molecule has 0 aliphatic carbocycles. The van der Waals surface area contributed by atoms with Crippen molar-refractivity contribution in [1.82, 2.24) is 0 Å². The molecule has 0 fully saturated rings. The van der Waals surface area contributed by atoms with Gasteiger partial charge in [-0.2, -0.15) is 5.26 Å². The van der Waals surface area contributed by atoms with E-state index in [0.29, 0.717) is 5.56 Å². The lowest BCUT2D eigenvalue weighted by atomic mass is 10.1. The number of rotatable bonds is 2. The Labute approximate surface area is 106 Å². The number of allylic oxidation sites excluding steroid dienone is 1. The van der Waals surface area contributed by atoms with Gasteiger partial charge in [0.05, 0.1) is 0 Å². The quantitative estimate of drug-likeness (QED) is 0.777. The van der Waals surface area contributed by atoms with Crippen molar-refractivity contribution >= 4 is 26.7 Å². The van der Waals surface area contributed by atoms with Crippen LogP contribution in [0.2, 0.25) is 0 Å². The third-order valence-corrected chi connectivity index (χ3v) is 3.59. The van der Waals surface area contributed by atoms with Crippen LogP contribution in [-0.4, -0.2) is 14.7 Å². The summed E-state index contributed by atoms with van der Waals surface area (Å²) in [6, 6.07) is 15.0. The largest absolute Gasteiger partial charge is 0.223 e. The molecule has 0 amide bonds. The van der Waals surface area contributed by atoms with Gasteiger partial charge in [-0.1, -0.05) is 36.4 Å². The molecular weight excluding hydrogens is 246 g/mol. The van der Waals surface area contributed by atoms with E-state index in [4.69, 9.17) is 5.26 Å². The molecule has 18 heavy (non-hydrogen) atoms. The zero-order valence-electron chi connectivity index (χ0n) is 9.79. The van der Waals surface area contributed by atoms with Gasteiger partial charge >= 0.3 is 0 Å². The highest BCUT2D eigenvalue weighted by Crippen LogP contribution is 2.18. The fourth-order valence-corrected chi connectivity index (χ4v) is 2.19. The first-order chi connectivity index (χ1) is 8.50. The predicted molar refractivity (Wildman–Crippen MR) is 72.4 cm³/mol. The van der Waals surface area contributed by atoms with Gasteiger partial charge in [-0.3, -0.25) is 0 Å². The van der Waals surface area contributed by atoms with Crippen LogP contribution in [0.1, 0.15) is 5.56 Å². The highest BCUT2D eigenvalue weighted by Gasteiger charge is 2.10. The Hall–Kier alpha value is -2.12. The number of nitriles is 1. The van der Waals surface area contributed by atoms with E-state index in [1.807, 2.05) is 36.4 Å². The summed E-state index contributed by atoms with van der Waals surface area (Å²) in [6.07, 6.45) is 2.42. The molecule has 2 aromatic rings. The Balaban J connectivity index is 2.56. The van der Waals surface area contributed by atoms with Crippen molar-refractivity contribution in [2.75, 3.05) is 6.26 Å². The van der Waals surface area contributed by atoms with E-state index in [2.05, 4.69) is 0 Å². The van der Waals surface area contributed by atoms with Crippen LogP contribution in [0.25, 0.3) is 16.8 Å². The van der Waals surface area contributed by atoms with Gasteiger partial charge in [0.2, 0.25) is 0 Å². The maximum absolute atomic E-state index is 11.3. The molecule has 0 saturated heterocycles. The van der Waals surface area contributed by atoms with Gasteiger partial charge in [0, 0.05) is 6.26 Å². The maximum atomic E-state index is 11.3. The summed E-state index contributed by atoms with van der Waals surface area (Å²) in [5, 5.41) is 10.9. The molecule has 0 spiro atoms. The van der Waals surface area contributed by atoms with Crippen LogP contribution >= 0.6 is 0 Å². The van der Waals surface area contributed by atoms with Crippen LogP contribution in [0.4, 0.5) is 0 Å². The summed E-state index contributed by atoms with van der Waals surface area (Å²) < 4.78 is 22.7. The lowest BCUT2D eigenvalue weighted by Gasteiger charge is -2.00. The number of fused-ring (bicyclic) bond motifs is 1. The molecule has 0 unspecified atom stereocenters. The number of nitrogens with zero attached hydrogens (tertiary/aromatic N) is 1. The number of sulfone groups is 1. The minimum atomic E-state index is -3.47. The number of hydrogen-bond donors (Lipinski definition) is 0. The van der Waals surface area contributed by atoms with E-state index in [-0.39, 0.29) is 4.91 Å². The Morgan fingerprint density at radius 1 is 1.17 bits per heavy atom. The van der Waals surface area contributed by atoms with Gasteiger partial charge in [-0.15, -0.1) is 0 Å². The third-order valence-electron chi connectivity index (χ3n) is 2.58. The highest BCUT2D eigenvalue weighted by atomic mass is 32.2. The lowest BCUT2D eigenvalue weighted by molar-refractivity contribution is 0.609. The Bertz CT molecular complexity index is 768. The minimum Gasteiger partial charge on any atom is -0.223 e. The van der Waals surface area contributed by atoms with Crippen LogP contribution in [0.15, 0.2) is 47.4 Å². The van der Waals surface area contributed by atoms with Gasteiger partial charge in [0.15, 0.2) is 9.84 Å². The molecule has 0 saturated carbocycles. The van der Waals surface area contributed by atoms with Gasteiger partial charge < -0.3 is 0 Å². The predicted octanol–water partition coefficient (Wildman–Crippen LogP) is 2.75. The van der Waals surface area contributed by atoms with Crippen LogP contribution in [0.5, 0.6) is 0 Å². The molecule has 0 aromatic heterocycles. The molecule has 0 heterocycles. The van der Waals surface area contributed by atoms with E-state index in [1.165, 1.54) is 6.08 Å². The standard InChI is InChI=1S/C14H11NO2S/c1-18(16,17)14(10-15)9-11-6-7-12-4-2-3-5-13(12)8-11/h2-9H,1H3/b14-9+. The summed E-state index contributed by atoms with van der Waals surface area (Å²) >= 11 is 0. The van der Waals surface area contributed by atoms with Gasteiger partial charge in [0.25, 0.3) is 0 Å². The van der Waals surface area contributed by atoms with Crippen molar-refractivity contribution in [3.05, 3.63) is 52.9 Å². The molecule has 0 radical (unpaired) electrons. The molecule has 0 bridgehead atoms. The summed E-state index contributed by atoms with van der Waals surface area (Å²) in [4.78, 5) is -0.224. The summed E-state index contributed by atoms with van der Waals surface area (Å²) in [5.74, 6) is 0. The molecule has 90 valence electrons. The molecule has 0 aliphatic heterocycles. The zero-order valence-corrected chi connectivity index (χ0v) is 10.6. The van der Waals surface area contributed by atoms with Crippen LogP contribution in [-0.2, 0) is 9.84 Å². The number of hydrogen-bond acceptors (Lipinski definition) is 3. The van der Waals surface area contributed by atoms with Gasteiger partial charge in [-0.25, -0.2) is 8.42 Å². The summed E-state index contributed by atoms with van der Waals surface area (Å²) in [5.41, 5.74) is 0.704. The first-order valence-electron chi connectivity index (χ1n) is 5.31. The minimum absolute atomic E-state index is 0.224. The second-order valence-electron chi connectivity index (χ2n) is 4.00. The summed E-state index contributed by atoms with van der Waals surface area (Å²) in [6.45, 7) is 0. The molecular formula is C14H11NO2S. The van der Waals surface area contributed by atoms with Crippen molar-refractivity contribution in [2.24, 2.45) is 0 Å². The first kappa shape index (κ1) is 12.3. The normalized spacial score (nSPS) is 12.3. The van der Waals surface area contributed by atoms with Crippen molar-refractivity contribution in [1.29, 1.82) is 5.26 Å². The fraction of sp³-hybridized carbons (Fsp3) is 0.0714. The van der Waals surface area contributed by atoms with E-state index < -0.39 is 9.84 Å². The van der Waals surface area contributed by atoms with E-state index in [1.54, 1.807) is 12.1 Å². The molecule has 2 aromatic carbocycles. The average Bonchev–Trinajstić information content (AvgIpc) is 2.34. The third kappa shape index (κ3) is 2.58. The number of benzene rings is 2. The Kier molecular flexibility index (Phi) is 3.17. The van der Waals surface area contributed by atoms with E-state index in [9.17, 15) is 8.42 Å². The smallest absolute Gasteiger partial charge is 0.185 e. The van der Waals surface area contributed by atoms with Crippen molar-refractivity contribution in [3.8, 4) is 6.07 Å². The summed E-state index contributed by atoms with van der Waals surface area (Å²) in [7, 11) is -3.47. The fourth-order valence-electron chi connectivity index (χ4n) is 1.67. The molecule has 4 heteroatoms. The molecule has 3 nitrogen and oxygen atoms in total. The van der Waals surface area contributed by atoms with Crippen molar-refractivity contribution < 1.29 is 8.42 Å². The van der Waals surface area contributed by atoms with E-state index in [0.717, 1.165) is 17.0 Å². The van der Waals surface area contributed by atoms with Crippen molar-refractivity contribution in [2.45, 2.75) is 0 Å². The van der Waals surface area contributed by atoms with Crippen molar-refractivity contribution in [3.63, 3.8) is 0 Å². The topological polar surface area (TPSA) is 57.9 Å². The lowest BCUT2D eigenvalue weighted by Crippen LogP contribution is -1.98. The molecule has 0 aliphatic rings. The highest BCUT2D eigenvalue weighted by molar-refractivity contribution is 7.95. The van der Waals surface area contributed by atoms with E-state index >= 15 is 0 Å². The molecule has 0 N–H and O–H groups in total. The van der Waals surface area contributed by atoms with Crippen LogP contribution in [0, 0.1) is 11.3 Å². The monoisotopic (exact) mass is 257 g/mol. The van der Waals surface area contributed by atoms with Crippen LogP contribution < -0.4 is 0 Å². The first-order valence-corrected chi connectivity index (χ1v) is 7.20.